The summed E-state index contributed by atoms with van der Waals surface area (Å²) in [5, 5.41) is 0. The second kappa shape index (κ2) is 10.5. The molecule has 166 valence electrons. The summed E-state index contributed by atoms with van der Waals surface area (Å²) in [5.41, 5.74) is 3.10. The second-order valence-corrected chi connectivity index (χ2v) is 7.99. The summed E-state index contributed by atoms with van der Waals surface area (Å²) in [6.07, 6.45) is 4.27. The van der Waals surface area contributed by atoms with Crippen molar-refractivity contribution >= 4 is 6.08 Å². The first-order chi connectivity index (χ1) is 15.6. The number of halogens is 2. The van der Waals surface area contributed by atoms with Crippen LogP contribution in [0.25, 0.3) is 6.08 Å². The topological polar surface area (TPSA) is 15.7 Å². The Kier molecular flexibility index (Phi) is 7.30. The van der Waals surface area contributed by atoms with Gasteiger partial charge in [0, 0.05) is 38.3 Å². The molecule has 1 aliphatic heterocycles. The number of para-hydroxylation sites is 1. The van der Waals surface area contributed by atoms with Gasteiger partial charge in [-0.05, 0) is 41.5 Å². The van der Waals surface area contributed by atoms with Crippen LogP contribution in [0.3, 0.4) is 0 Å². The van der Waals surface area contributed by atoms with Crippen LogP contribution in [0.4, 0.5) is 8.78 Å². The Labute approximate surface area is 188 Å². The van der Waals surface area contributed by atoms with Gasteiger partial charge in [0.1, 0.15) is 17.4 Å². The Morgan fingerprint density at radius 1 is 0.812 bits per heavy atom. The van der Waals surface area contributed by atoms with Gasteiger partial charge >= 0.3 is 0 Å². The number of hydrogen-bond donors (Lipinski definition) is 0. The minimum atomic E-state index is -0.252. The normalized spacial score (nSPS) is 15.5. The largest absolute Gasteiger partial charge is 0.496 e. The molecule has 5 heteroatoms. The van der Waals surface area contributed by atoms with E-state index in [1.54, 1.807) is 7.11 Å². The molecule has 0 aromatic heterocycles. The molecule has 0 saturated carbocycles. The molecule has 32 heavy (non-hydrogen) atoms. The fraction of sp³-hybridized carbons (Fsp3) is 0.259. The van der Waals surface area contributed by atoms with E-state index in [1.165, 1.54) is 24.3 Å². The third kappa shape index (κ3) is 5.42. The van der Waals surface area contributed by atoms with Gasteiger partial charge in [0.05, 0.1) is 13.2 Å². The number of methoxy groups -OCH3 is 1. The number of rotatable bonds is 7. The van der Waals surface area contributed by atoms with Crippen LogP contribution in [0.5, 0.6) is 5.75 Å². The van der Waals surface area contributed by atoms with Gasteiger partial charge in [0.15, 0.2) is 0 Å². The first-order valence-electron chi connectivity index (χ1n) is 10.9. The fourth-order valence-corrected chi connectivity index (χ4v) is 4.24. The van der Waals surface area contributed by atoms with E-state index in [1.807, 2.05) is 48.5 Å². The van der Waals surface area contributed by atoms with Crippen molar-refractivity contribution in [2.45, 2.75) is 6.04 Å². The summed E-state index contributed by atoms with van der Waals surface area (Å²) in [5.74, 6) is 0.367. The molecule has 0 unspecified atom stereocenters. The van der Waals surface area contributed by atoms with E-state index in [-0.39, 0.29) is 17.7 Å². The summed E-state index contributed by atoms with van der Waals surface area (Å²) in [6, 6.07) is 21.2. The Bertz CT molecular complexity index is 981. The highest BCUT2D eigenvalue weighted by Crippen LogP contribution is 2.30. The maximum atomic E-state index is 13.5. The van der Waals surface area contributed by atoms with E-state index >= 15 is 0 Å². The Balaban J connectivity index is 1.42. The molecule has 3 nitrogen and oxygen atoms in total. The molecular formula is C27H28F2N2O. The molecule has 1 heterocycles. The van der Waals surface area contributed by atoms with Crippen LogP contribution in [-0.2, 0) is 0 Å². The molecular weight excluding hydrogens is 406 g/mol. The first kappa shape index (κ1) is 22.2. The molecule has 0 amide bonds. The van der Waals surface area contributed by atoms with Gasteiger partial charge in [-0.2, -0.15) is 0 Å². The minimum absolute atomic E-state index is 0.0255. The molecule has 0 bridgehead atoms. The van der Waals surface area contributed by atoms with Crippen LogP contribution < -0.4 is 4.74 Å². The van der Waals surface area contributed by atoms with Gasteiger partial charge in [-0.1, -0.05) is 54.6 Å². The quantitative estimate of drug-likeness (QED) is 0.496. The van der Waals surface area contributed by atoms with Crippen molar-refractivity contribution in [3.63, 3.8) is 0 Å². The summed E-state index contributed by atoms with van der Waals surface area (Å²) >= 11 is 0. The van der Waals surface area contributed by atoms with Crippen LogP contribution in [0.1, 0.15) is 22.7 Å². The van der Waals surface area contributed by atoms with E-state index in [9.17, 15) is 8.78 Å². The van der Waals surface area contributed by atoms with Gasteiger partial charge < -0.3 is 4.74 Å². The van der Waals surface area contributed by atoms with Gasteiger partial charge in [-0.25, -0.2) is 8.78 Å². The lowest BCUT2D eigenvalue weighted by molar-refractivity contribution is 0.118. The lowest BCUT2D eigenvalue weighted by Gasteiger charge is -2.39. The second-order valence-electron chi connectivity index (χ2n) is 7.99. The van der Waals surface area contributed by atoms with Crippen LogP contribution in [0.15, 0.2) is 78.9 Å². The lowest BCUT2D eigenvalue weighted by Crippen LogP contribution is -2.47. The molecule has 0 N–H and O–H groups in total. The number of benzene rings is 3. The van der Waals surface area contributed by atoms with E-state index in [4.69, 9.17) is 4.74 Å². The van der Waals surface area contributed by atoms with Crippen LogP contribution >= 0.6 is 0 Å². The summed E-state index contributed by atoms with van der Waals surface area (Å²) in [7, 11) is 1.69. The molecule has 0 atom stereocenters. The molecule has 4 rings (SSSR count). The molecule has 0 spiro atoms. The monoisotopic (exact) mass is 434 g/mol. The smallest absolute Gasteiger partial charge is 0.126 e. The zero-order chi connectivity index (χ0) is 22.3. The summed E-state index contributed by atoms with van der Waals surface area (Å²) < 4.78 is 32.4. The van der Waals surface area contributed by atoms with Crippen LogP contribution in [0.2, 0.25) is 0 Å². The van der Waals surface area contributed by atoms with Gasteiger partial charge in [-0.15, -0.1) is 0 Å². The highest BCUT2D eigenvalue weighted by Gasteiger charge is 2.26. The Morgan fingerprint density at radius 2 is 1.38 bits per heavy atom. The van der Waals surface area contributed by atoms with Gasteiger partial charge in [0.2, 0.25) is 0 Å². The van der Waals surface area contributed by atoms with Crippen LogP contribution in [-0.4, -0.2) is 49.6 Å². The summed E-state index contributed by atoms with van der Waals surface area (Å²) in [4.78, 5) is 4.80. The average Bonchev–Trinajstić information content (AvgIpc) is 2.83. The first-order valence-corrected chi connectivity index (χ1v) is 10.9. The zero-order valence-electron chi connectivity index (χ0n) is 18.3. The zero-order valence-corrected chi connectivity index (χ0v) is 18.3. The van der Waals surface area contributed by atoms with Crippen molar-refractivity contribution in [2.24, 2.45) is 0 Å². The van der Waals surface area contributed by atoms with Crippen LogP contribution in [0, 0.1) is 11.6 Å². The molecule has 1 saturated heterocycles. The predicted molar refractivity (Wildman–Crippen MR) is 125 cm³/mol. The maximum Gasteiger partial charge on any atom is 0.126 e. The van der Waals surface area contributed by atoms with E-state index in [0.717, 1.165) is 55.2 Å². The Hall–Kier alpha value is -3.02. The van der Waals surface area contributed by atoms with Crippen molar-refractivity contribution in [2.75, 3.05) is 39.8 Å². The summed E-state index contributed by atoms with van der Waals surface area (Å²) in [6.45, 7) is 4.47. The average molecular weight is 435 g/mol. The van der Waals surface area contributed by atoms with Crippen molar-refractivity contribution in [1.29, 1.82) is 0 Å². The number of hydrogen-bond acceptors (Lipinski definition) is 3. The van der Waals surface area contributed by atoms with Crippen molar-refractivity contribution in [3.8, 4) is 5.75 Å². The fourth-order valence-electron chi connectivity index (χ4n) is 4.24. The van der Waals surface area contributed by atoms with Crippen molar-refractivity contribution in [3.05, 3.63) is 107 Å². The third-order valence-electron chi connectivity index (χ3n) is 5.94. The maximum absolute atomic E-state index is 13.5. The number of ether oxygens (including phenoxy) is 1. The minimum Gasteiger partial charge on any atom is -0.496 e. The van der Waals surface area contributed by atoms with Gasteiger partial charge in [0.25, 0.3) is 0 Å². The number of piperazine rings is 1. The molecule has 3 aromatic rings. The van der Waals surface area contributed by atoms with Gasteiger partial charge in [-0.3, -0.25) is 9.80 Å². The highest BCUT2D eigenvalue weighted by atomic mass is 19.1. The number of nitrogens with zero attached hydrogens (tertiary/aromatic N) is 2. The SMILES string of the molecule is COc1ccccc1/C=C\CN1CCN(C(c2ccc(F)cc2)c2ccc(F)cc2)CC1. The predicted octanol–water partition coefficient (Wildman–Crippen LogP) is 5.39. The van der Waals surface area contributed by atoms with Crippen molar-refractivity contribution < 1.29 is 13.5 Å². The van der Waals surface area contributed by atoms with Crippen molar-refractivity contribution in [1.82, 2.24) is 9.80 Å². The molecule has 3 aromatic carbocycles. The highest BCUT2D eigenvalue weighted by molar-refractivity contribution is 5.57. The molecule has 0 aliphatic carbocycles. The van der Waals surface area contributed by atoms with E-state index in [2.05, 4.69) is 22.0 Å². The molecule has 1 aliphatic rings. The third-order valence-corrected chi connectivity index (χ3v) is 5.94. The Morgan fingerprint density at radius 3 is 1.94 bits per heavy atom. The van der Waals surface area contributed by atoms with E-state index in [0.29, 0.717) is 0 Å². The lowest BCUT2D eigenvalue weighted by atomic mass is 9.96. The standard InChI is InChI=1S/C27H28F2N2O/c1-32-26-7-3-2-5-21(26)6-4-16-30-17-19-31(20-18-30)27(22-8-12-24(28)13-9-22)23-10-14-25(29)15-11-23/h2-15,27H,16-20H2,1H3/b6-4-. The molecule has 0 radical (unpaired) electrons. The molecule has 1 fully saturated rings. The van der Waals surface area contributed by atoms with E-state index < -0.39 is 0 Å².